The Bertz CT molecular complexity index is 757. The predicted octanol–water partition coefficient (Wildman–Crippen LogP) is 2.76. The van der Waals surface area contributed by atoms with Gasteiger partial charge in [-0.3, -0.25) is 4.79 Å². The minimum Gasteiger partial charge on any atom is -0.496 e. The number of carboxylic acids is 1. The number of halogens is 1. The van der Waals surface area contributed by atoms with Gasteiger partial charge in [-0.1, -0.05) is 12.1 Å². The molecule has 0 aliphatic heterocycles. The van der Waals surface area contributed by atoms with E-state index in [1.54, 1.807) is 30.3 Å². The lowest BCUT2D eigenvalue weighted by Crippen LogP contribution is -2.17. The summed E-state index contributed by atoms with van der Waals surface area (Å²) in [5, 5.41) is 12.7. The number of aromatic carboxylic acids is 1. The highest BCUT2D eigenvalue weighted by atomic mass is 127. The van der Waals surface area contributed by atoms with Crippen LogP contribution in [0.3, 0.4) is 0 Å². The summed E-state index contributed by atoms with van der Waals surface area (Å²) in [6, 6.07) is 11.2. The number of carboxylic acid groups (broad SMARTS) is 1. The lowest BCUT2D eigenvalue weighted by atomic mass is 10.1. The van der Waals surface area contributed by atoms with Gasteiger partial charge in [0, 0.05) is 5.56 Å². The molecule has 0 aliphatic rings. The maximum Gasteiger partial charge on any atom is 0.335 e. The Hall–Kier alpha value is -2.42. The second-order valence-corrected chi connectivity index (χ2v) is 5.64. The van der Waals surface area contributed by atoms with Crippen molar-refractivity contribution >= 4 is 40.7 Å². The van der Waals surface area contributed by atoms with Gasteiger partial charge < -0.3 is 9.84 Å². The SMILES string of the molecule is COc1cc(C(=O)N/N=C/c2ccc(C(=O)O)cc2)ccc1I. The van der Waals surface area contributed by atoms with Gasteiger partial charge in [0.15, 0.2) is 0 Å². The average molecular weight is 424 g/mol. The zero-order valence-electron chi connectivity index (χ0n) is 12.1. The fourth-order valence-electron chi connectivity index (χ4n) is 1.74. The molecule has 0 spiro atoms. The van der Waals surface area contributed by atoms with Crippen LogP contribution in [0.15, 0.2) is 47.6 Å². The molecule has 23 heavy (non-hydrogen) atoms. The highest BCUT2D eigenvalue weighted by molar-refractivity contribution is 14.1. The molecule has 0 heterocycles. The number of hydrogen-bond acceptors (Lipinski definition) is 4. The zero-order chi connectivity index (χ0) is 16.8. The number of carbonyl (C=O) groups is 2. The van der Waals surface area contributed by atoms with Gasteiger partial charge in [0.25, 0.3) is 5.91 Å². The van der Waals surface area contributed by atoms with Crippen LogP contribution in [0.4, 0.5) is 0 Å². The first-order valence-corrected chi connectivity index (χ1v) is 7.59. The van der Waals surface area contributed by atoms with Gasteiger partial charge in [0.2, 0.25) is 0 Å². The van der Waals surface area contributed by atoms with E-state index in [2.05, 4.69) is 33.1 Å². The second kappa shape index (κ2) is 7.73. The fourth-order valence-corrected chi connectivity index (χ4v) is 2.30. The van der Waals surface area contributed by atoms with Gasteiger partial charge in [-0.15, -0.1) is 0 Å². The van der Waals surface area contributed by atoms with Gasteiger partial charge in [-0.2, -0.15) is 5.10 Å². The molecule has 6 nitrogen and oxygen atoms in total. The molecule has 0 unspecified atom stereocenters. The molecule has 2 N–H and O–H groups in total. The molecular formula is C16H13IN2O4. The molecule has 118 valence electrons. The third-order valence-corrected chi connectivity index (χ3v) is 3.84. The number of hydrogen-bond donors (Lipinski definition) is 2. The number of methoxy groups -OCH3 is 1. The maximum atomic E-state index is 12.0. The van der Waals surface area contributed by atoms with Crippen molar-refractivity contribution in [3.63, 3.8) is 0 Å². The molecule has 0 aliphatic carbocycles. The summed E-state index contributed by atoms with van der Waals surface area (Å²) in [6.07, 6.45) is 1.44. The molecular weight excluding hydrogens is 411 g/mol. The Balaban J connectivity index is 2.02. The zero-order valence-corrected chi connectivity index (χ0v) is 14.3. The smallest absolute Gasteiger partial charge is 0.335 e. The van der Waals surface area contributed by atoms with E-state index in [9.17, 15) is 9.59 Å². The molecule has 0 radical (unpaired) electrons. The second-order valence-electron chi connectivity index (χ2n) is 4.48. The van der Waals surface area contributed by atoms with Crippen LogP contribution in [0.1, 0.15) is 26.3 Å². The molecule has 2 rings (SSSR count). The summed E-state index contributed by atoms with van der Waals surface area (Å²) < 4.78 is 6.07. The fraction of sp³-hybridized carbons (Fsp3) is 0.0625. The third-order valence-electron chi connectivity index (χ3n) is 2.95. The lowest BCUT2D eigenvalue weighted by molar-refractivity contribution is 0.0696. The number of ether oxygens (including phenoxy) is 1. The predicted molar refractivity (Wildman–Crippen MR) is 94.2 cm³/mol. The molecule has 0 aromatic heterocycles. The Morgan fingerprint density at radius 2 is 1.83 bits per heavy atom. The van der Waals surface area contributed by atoms with Gasteiger partial charge in [0.05, 0.1) is 22.5 Å². The van der Waals surface area contributed by atoms with E-state index >= 15 is 0 Å². The lowest BCUT2D eigenvalue weighted by Gasteiger charge is -2.05. The normalized spacial score (nSPS) is 10.5. The molecule has 1 amide bonds. The van der Waals surface area contributed by atoms with Crippen molar-refractivity contribution < 1.29 is 19.4 Å². The summed E-state index contributed by atoms with van der Waals surface area (Å²) in [6.45, 7) is 0. The first-order valence-electron chi connectivity index (χ1n) is 6.51. The largest absolute Gasteiger partial charge is 0.496 e. The molecule has 2 aromatic carbocycles. The Morgan fingerprint density at radius 1 is 1.17 bits per heavy atom. The minimum absolute atomic E-state index is 0.192. The summed E-state index contributed by atoms with van der Waals surface area (Å²) in [4.78, 5) is 22.7. The van der Waals surface area contributed by atoms with Crippen molar-refractivity contribution in [1.29, 1.82) is 0 Å². The van der Waals surface area contributed by atoms with Crippen molar-refractivity contribution in [2.45, 2.75) is 0 Å². The molecule has 0 bridgehead atoms. The molecule has 0 saturated heterocycles. The summed E-state index contributed by atoms with van der Waals surface area (Å²) in [5.41, 5.74) is 3.71. The number of benzene rings is 2. The van der Waals surface area contributed by atoms with Crippen LogP contribution in [0, 0.1) is 3.57 Å². The topological polar surface area (TPSA) is 88.0 Å². The number of hydrazone groups is 1. The van der Waals surface area contributed by atoms with Crippen LogP contribution >= 0.6 is 22.6 Å². The number of carbonyl (C=O) groups excluding carboxylic acids is 1. The molecule has 0 fully saturated rings. The first-order chi connectivity index (χ1) is 11.0. The van der Waals surface area contributed by atoms with Crippen molar-refractivity contribution in [2.24, 2.45) is 5.10 Å². The van der Waals surface area contributed by atoms with E-state index in [0.717, 1.165) is 3.57 Å². The summed E-state index contributed by atoms with van der Waals surface area (Å²) in [7, 11) is 1.54. The first kappa shape index (κ1) is 16.9. The Morgan fingerprint density at radius 3 is 2.43 bits per heavy atom. The van der Waals surface area contributed by atoms with Crippen molar-refractivity contribution in [3.8, 4) is 5.75 Å². The van der Waals surface area contributed by atoms with Crippen molar-refractivity contribution in [1.82, 2.24) is 5.43 Å². The van der Waals surface area contributed by atoms with Crippen LogP contribution in [0.25, 0.3) is 0 Å². The van der Waals surface area contributed by atoms with Crippen LogP contribution < -0.4 is 10.2 Å². The van der Waals surface area contributed by atoms with Gasteiger partial charge in [-0.25, -0.2) is 10.2 Å². The van der Waals surface area contributed by atoms with E-state index in [0.29, 0.717) is 16.9 Å². The van der Waals surface area contributed by atoms with Gasteiger partial charge >= 0.3 is 5.97 Å². The van der Waals surface area contributed by atoms with Crippen LogP contribution in [-0.4, -0.2) is 30.3 Å². The monoisotopic (exact) mass is 424 g/mol. The van der Waals surface area contributed by atoms with E-state index in [1.165, 1.54) is 25.5 Å². The Kier molecular flexibility index (Phi) is 5.69. The molecule has 2 aromatic rings. The maximum absolute atomic E-state index is 12.0. The Labute approximate surface area is 146 Å². The number of nitrogens with zero attached hydrogens (tertiary/aromatic N) is 1. The standard InChI is InChI=1S/C16H13IN2O4/c1-23-14-8-12(6-7-13(14)17)15(20)19-18-9-10-2-4-11(5-3-10)16(21)22/h2-9H,1H3,(H,19,20)(H,21,22)/b18-9+. The van der Waals surface area contributed by atoms with Crippen molar-refractivity contribution in [3.05, 3.63) is 62.7 Å². The van der Waals surface area contributed by atoms with E-state index in [4.69, 9.17) is 9.84 Å². The number of amides is 1. The molecule has 0 saturated carbocycles. The molecule has 0 atom stereocenters. The quantitative estimate of drug-likeness (QED) is 0.439. The summed E-state index contributed by atoms with van der Waals surface area (Å²) >= 11 is 2.12. The van der Waals surface area contributed by atoms with Crippen LogP contribution in [0.5, 0.6) is 5.75 Å². The van der Waals surface area contributed by atoms with Crippen molar-refractivity contribution in [2.75, 3.05) is 7.11 Å². The minimum atomic E-state index is -0.991. The van der Waals surface area contributed by atoms with E-state index in [1.807, 2.05) is 0 Å². The highest BCUT2D eigenvalue weighted by Gasteiger charge is 2.08. The summed E-state index contributed by atoms with van der Waals surface area (Å²) in [5.74, 6) is -0.737. The number of nitrogens with one attached hydrogen (secondary N) is 1. The highest BCUT2D eigenvalue weighted by Crippen LogP contribution is 2.21. The van der Waals surface area contributed by atoms with E-state index in [-0.39, 0.29) is 11.5 Å². The van der Waals surface area contributed by atoms with E-state index < -0.39 is 5.97 Å². The number of rotatable bonds is 5. The third kappa shape index (κ3) is 4.52. The average Bonchev–Trinajstić information content (AvgIpc) is 2.55. The van der Waals surface area contributed by atoms with Crippen LogP contribution in [-0.2, 0) is 0 Å². The molecule has 7 heteroatoms. The van der Waals surface area contributed by atoms with Gasteiger partial charge in [0.1, 0.15) is 5.75 Å². The van der Waals surface area contributed by atoms with Gasteiger partial charge in [-0.05, 0) is 58.5 Å². The van der Waals surface area contributed by atoms with Crippen LogP contribution in [0.2, 0.25) is 0 Å².